The Balaban J connectivity index is 1.65. The molecule has 0 spiro atoms. The topological polar surface area (TPSA) is 0 Å². The summed E-state index contributed by atoms with van der Waals surface area (Å²) in [6.07, 6.45) is 0. The van der Waals surface area contributed by atoms with Crippen LogP contribution in [0.2, 0.25) is 0 Å². The van der Waals surface area contributed by atoms with Gasteiger partial charge >= 0.3 is 0 Å². The van der Waals surface area contributed by atoms with Crippen LogP contribution in [0.25, 0.3) is 0 Å². The minimum atomic E-state index is 0.537. The highest BCUT2D eigenvalue weighted by Gasteiger charge is 2.25. The molecule has 2 aliphatic rings. The molecule has 0 radical (unpaired) electrons. The predicted octanol–water partition coefficient (Wildman–Crippen LogP) is 6.25. The van der Waals surface area contributed by atoms with Crippen molar-refractivity contribution < 1.29 is 0 Å². The molecule has 0 aromatic carbocycles. The summed E-state index contributed by atoms with van der Waals surface area (Å²) in [7, 11) is 0. The lowest BCUT2D eigenvalue weighted by Gasteiger charge is -2.07. The summed E-state index contributed by atoms with van der Waals surface area (Å²) in [6, 6.07) is 4.58. The second kappa shape index (κ2) is 7.03. The van der Waals surface area contributed by atoms with E-state index in [1.165, 1.54) is 19.6 Å². The third-order valence-electron chi connectivity index (χ3n) is 2.59. The van der Waals surface area contributed by atoms with Crippen LogP contribution in [0.1, 0.15) is 18.9 Å². The standard InChI is InChI=1S/C12H12S7/c13-3-7-5-15-11(17-7)9-1-2-10(19-9)12-16-6-8(4-14)18-12/h1-2,5-6,11-14H,3-4H2. The first kappa shape index (κ1) is 15.2. The van der Waals surface area contributed by atoms with Gasteiger partial charge in [0.2, 0.25) is 0 Å². The van der Waals surface area contributed by atoms with Crippen molar-refractivity contribution in [3.63, 3.8) is 0 Å². The highest BCUT2D eigenvalue weighted by atomic mass is 32.2. The maximum Gasteiger partial charge on any atom is 0.0929 e. The highest BCUT2D eigenvalue weighted by Crippen LogP contribution is 2.56. The molecule has 1 aromatic heterocycles. The van der Waals surface area contributed by atoms with Gasteiger partial charge in [-0.05, 0) is 22.9 Å². The minimum Gasteiger partial charge on any atom is -0.174 e. The normalized spacial score (nSPS) is 26.6. The summed E-state index contributed by atoms with van der Waals surface area (Å²) in [5.74, 6) is 1.71. The third kappa shape index (κ3) is 3.55. The zero-order valence-corrected chi connectivity index (χ0v) is 15.7. The van der Waals surface area contributed by atoms with Crippen LogP contribution < -0.4 is 0 Å². The van der Waals surface area contributed by atoms with Gasteiger partial charge < -0.3 is 0 Å². The number of thiol groups is 2. The van der Waals surface area contributed by atoms with E-state index in [1.807, 2.05) is 58.4 Å². The molecule has 0 aliphatic carbocycles. The Morgan fingerprint density at radius 2 is 1.32 bits per heavy atom. The maximum absolute atomic E-state index is 4.35. The Hall–Kier alpha value is 1.28. The molecule has 0 amide bonds. The van der Waals surface area contributed by atoms with Crippen LogP contribution in [0.4, 0.5) is 0 Å². The summed E-state index contributed by atoms with van der Waals surface area (Å²) in [5.41, 5.74) is 0. The monoisotopic (exact) mass is 380 g/mol. The molecule has 3 rings (SSSR count). The van der Waals surface area contributed by atoms with E-state index in [1.54, 1.807) is 0 Å². The van der Waals surface area contributed by atoms with E-state index in [9.17, 15) is 0 Å². The van der Waals surface area contributed by atoms with Crippen LogP contribution >= 0.6 is 83.6 Å². The fourth-order valence-corrected chi connectivity index (χ4v) is 9.02. The Labute approximate surface area is 145 Å². The van der Waals surface area contributed by atoms with Crippen LogP contribution in [-0.4, -0.2) is 11.5 Å². The first-order valence-electron chi connectivity index (χ1n) is 5.64. The van der Waals surface area contributed by atoms with Gasteiger partial charge in [-0.25, -0.2) is 0 Å². The van der Waals surface area contributed by atoms with E-state index in [0.29, 0.717) is 9.16 Å². The Bertz CT molecular complexity index is 471. The molecule has 102 valence electrons. The second-order valence-corrected chi connectivity index (χ2v) is 10.7. The van der Waals surface area contributed by atoms with Crippen molar-refractivity contribution in [3.05, 3.63) is 42.5 Å². The van der Waals surface area contributed by atoms with Gasteiger partial charge in [-0.2, -0.15) is 25.3 Å². The zero-order chi connectivity index (χ0) is 13.2. The minimum absolute atomic E-state index is 0.537. The SMILES string of the molecule is SCC1=CSC(c2ccc(C3SC=C(CS)S3)s2)S1. The van der Waals surface area contributed by atoms with Gasteiger partial charge in [-0.3, -0.25) is 0 Å². The van der Waals surface area contributed by atoms with Crippen molar-refractivity contribution in [2.24, 2.45) is 0 Å². The molecule has 2 aliphatic heterocycles. The van der Waals surface area contributed by atoms with Crippen LogP contribution in [0.5, 0.6) is 0 Å². The molecule has 7 heteroatoms. The van der Waals surface area contributed by atoms with Gasteiger partial charge in [0, 0.05) is 31.1 Å². The molecule has 0 saturated heterocycles. The molecule has 0 fully saturated rings. The molecular formula is C12H12S7. The number of thioether (sulfide) groups is 4. The van der Waals surface area contributed by atoms with Crippen molar-refractivity contribution in [3.8, 4) is 0 Å². The molecular weight excluding hydrogens is 369 g/mol. The molecule has 3 heterocycles. The number of hydrogen-bond donors (Lipinski definition) is 2. The van der Waals surface area contributed by atoms with Crippen molar-refractivity contribution in [2.75, 3.05) is 11.5 Å². The van der Waals surface area contributed by atoms with E-state index < -0.39 is 0 Å². The van der Waals surface area contributed by atoms with Gasteiger partial charge in [0.15, 0.2) is 0 Å². The summed E-state index contributed by atoms with van der Waals surface area (Å²) in [4.78, 5) is 5.71. The van der Waals surface area contributed by atoms with Crippen LogP contribution in [0, 0.1) is 0 Å². The van der Waals surface area contributed by atoms with Gasteiger partial charge in [0.25, 0.3) is 0 Å². The van der Waals surface area contributed by atoms with Crippen molar-refractivity contribution in [1.82, 2.24) is 0 Å². The van der Waals surface area contributed by atoms with Crippen molar-refractivity contribution >= 4 is 83.6 Å². The fraction of sp³-hybridized carbons (Fsp3) is 0.333. The average molecular weight is 381 g/mol. The van der Waals surface area contributed by atoms with Crippen LogP contribution in [-0.2, 0) is 0 Å². The van der Waals surface area contributed by atoms with Gasteiger partial charge in [0.05, 0.1) is 9.16 Å². The maximum atomic E-state index is 4.35. The van der Waals surface area contributed by atoms with E-state index >= 15 is 0 Å². The third-order valence-corrected chi connectivity index (χ3v) is 11.0. The quantitative estimate of drug-likeness (QED) is 0.592. The van der Waals surface area contributed by atoms with Crippen molar-refractivity contribution in [2.45, 2.75) is 9.16 Å². The summed E-state index contributed by atoms with van der Waals surface area (Å²) in [6.45, 7) is 0. The molecule has 1 aromatic rings. The smallest absolute Gasteiger partial charge is 0.0929 e. The highest BCUT2D eigenvalue weighted by molar-refractivity contribution is 8.23. The molecule has 0 saturated carbocycles. The lowest BCUT2D eigenvalue weighted by atomic mass is 10.4. The number of rotatable bonds is 4. The summed E-state index contributed by atoms with van der Waals surface area (Å²) in [5, 5.41) is 4.50. The molecule has 0 bridgehead atoms. The van der Waals surface area contributed by atoms with E-state index in [-0.39, 0.29) is 0 Å². The second-order valence-electron chi connectivity index (χ2n) is 3.90. The van der Waals surface area contributed by atoms with E-state index in [0.717, 1.165) is 11.5 Å². The predicted molar refractivity (Wildman–Crippen MR) is 104 cm³/mol. The van der Waals surface area contributed by atoms with E-state index in [2.05, 4.69) is 48.2 Å². The summed E-state index contributed by atoms with van der Waals surface area (Å²) >= 11 is 18.4. The fourth-order valence-electron chi connectivity index (χ4n) is 1.68. The Morgan fingerprint density at radius 1 is 0.842 bits per heavy atom. The molecule has 0 nitrogen and oxygen atoms in total. The van der Waals surface area contributed by atoms with E-state index in [4.69, 9.17) is 0 Å². The average Bonchev–Trinajstić information content (AvgIpc) is 3.16. The van der Waals surface area contributed by atoms with Crippen LogP contribution in [0.15, 0.2) is 32.8 Å². The summed E-state index contributed by atoms with van der Waals surface area (Å²) < 4.78 is 1.07. The largest absolute Gasteiger partial charge is 0.174 e. The molecule has 19 heavy (non-hydrogen) atoms. The molecule has 0 N–H and O–H groups in total. The van der Waals surface area contributed by atoms with Crippen molar-refractivity contribution in [1.29, 1.82) is 0 Å². The first-order chi connectivity index (χ1) is 9.30. The zero-order valence-electron chi connectivity index (χ0n) is 9.81. The van der Waals surface area contributed by atoms with Gasteiger partial charge in [0.1, 0.15) is 0 Å². The lowest BCUT2D eigenvalue weighted by molar-refractivity contribution is 1.50. The van der Waals surface area contributed by atoms with Gasteiger partial charge in [-0.1, -0.05) is 0 Å². The van der Waals surface area contributed by atoms with Gasteiger partial charge in [-0.15, -0.1) is 58.4 Å². The first-order valence-corrected chi connectivity index (χ1v) is 11.4. The Morgan fingerprint density at radius 3 is 1.68 bits per heavy atom. The Kier molecular flexibility index (Phi) is 5.62. The number of hydrogen-bond acceptors (Lipinski definition) is 7. The molecule has 2 atom stereocenters. The lowest BCUT2D eigenvalue weighted by Crippen LogP contribution is -1.80. The molecule has 2 unspecified atom stereocenters. The van der Waals surface area contributed by atoms with Crippen LogP contribution in [0.3, 0.4) is 0 Å². The number of thiophene rings is 1.